The van der Waals surface area contributed by atoms with Crippen LogP contribution in [-0.4, -0.2) is 66.5 Å². The summed E-state index contributed by atoms with van der Waals surface area (Å²) in [6, 6.07) is 13.9. The van der Waals surface area contributed by atoms with Gasteiger partial charge in [0, 0.05) is 18.7 Å². The van der Waals surface area contributed by atoms with Crippen LogP contribution in [0.5, 0.6) is 0 Å². The van der Waals surface area contributed by atoms with Crippen molar-refractivity contribution in [1.29, 1.82) is 0 Å². The predicted octanol–water partition coefficient (Wildman–Crippen LogP) is 4.35. The molecule has 1 fully saturated rings. The quantitative estimate of drug-likeness (QED) is 0.143. The molecule has 2 aromatic rings. The van der Waals surface area contributed by atoms with Crippen LogP contribution < -0.4 is 21.7 Å². The number of epoxide rings is 1. The van der Waals surface area contributed by atoms with E-state index >= 15 is 0 Å². The first-order valence-electron chi connectivity index (χ1n) is 16.2. The Hall–Kier alpha value is -3.77. The average Bonchev–Trinajstić information content (AvgIpc) is 3.60. The Balaban J connectivity index is 2.20. The number of hydrogen-bond donors (Lipinski definition) is 4. The second-order valence-corrected chi connectivity index (χ2v) is 15.7. The zero-order valence-electron chi connectivity index (χ0n) is 28.5. The fourth-order valence-corrected chi connectivity index (χ4v) is 6.54. The van der Waals surface area contributed by atoms with E-state index in [2.05, 4.69) is 16.0 Å². The predicted molar refractivity (Wildman–Crippen MR) is 182 cm³/mol. The molecule has 3 rings (SSSR count). The summed E-state index contributed by atoms with van der Waals surface area (Å²) in [5.41, 5.74) is 4.03. The second kappa shape index (κ2) is 15.0. The lowest BCUT2D eigenvalue weighted by molar-refractivity contribution is -0.128. The summed E-state index contributed by atoms with van der Waals surface area (Å²) in [5, 5.41) is 8.05. The number of hydrogen-bond acceptors (Lipinski definition) is 7. The number of sulfone groups is 1. The van der Waals surface area contributed by atoms with Gasteiger partial charge in [0.15, 0.2) is 21.2 Å². The maximum absolute atomic E-state index is 14.4. The van der Waals surface area contributed by atoms with E-state index in [0.717, 1.165) is 31.1 Å². The number of rotatable bonds is 17. The maximum Gasteiger partial charge on any atom is 0.315 e. The van der Waals surface area contributed by atoms with Crippen molar-refractivity contribution >= 4 is 33.5 Å². The number of urea groups is 1. The van der Waals surface area contributed by atoms with Crippen LogP contribution >= 0.6 is 0 Å². The standard InChI is InChI=1S/C35H50N4O7S/c1-8-10-12-22-27(40)28(26-21-16-15-20-25(26)24-18-13-11-14-19-24)35(34(6,46-35)31(36)42)39-30(41)29(33(4,5)47(7,44)45)38-32(43)37-23(3)17-9-2/h11,13-16,18-21,23,28-29H,8-10,12,17,22H2,1-7H3,(H2,36,42)(H,39,41)(H2,37,38,43)/t23?,28?,29-,34-,35+/m1/s1. The minimum Gasteiger partial charge on any atom is -0.367 e. The van der Waals surface area contributed by atoms with Gasteiger partial charge in [-0.1, -0.05) is 87.7 Å². The number of carbonyl (C=O) groups is 4. The van der Waals surface area contributed by atoms with Crippen molar-refractivity contribution in [3.8, 4) is 11.1 Å². The molecule has 0 spiro atoms. The molecule has 5 atom stereocenters. The van der Waals surface area contributed by atoms with Crippen molar-refractivity contribution in [1.82, 2.24) is 16.0 Å². The van der Waals surface area contributed by atoms with Gasteiger partial charge in [0.2, 0.25) is 5.91 Å². The molecule has 12 heteroatoms. The van der Waals surface area contributed by atoms with Crippen LogP contribution in [0.1, 0.15) is 91.5 Å². The van der Waals surface area contributed by atoms with Crippen molar-refractivity contribution in [3.63, 3.8) is 0 Å². The van der Waals surface area contributed by atoms with E-state index in [1.165, 1.54) is 20.8 Å². The Bertz CT molecular complexity index is 1560. The average molecular weight is 671 g/mol. The molecule has 47 heavy (non-hydrogen) atoms. The molecule has 4 amide bonds. The van der Waals surface area contributed by atoms with Crippen LogP contribution in [0, 0.1) is 0 Å². The molecule has 258 valence electrons. The molecule has 11 nitrogen and oxygen atoms in total. The number of Topliss-reactive ketones (excluding diaryl/α,β-unsaturated/α-hetero) is 1. The minimum atomic E-state index is -3.96. The maximum atomic E-state index is 14.4. The van der Waals surface area contributed by atoms with E-state index in [0.29, 0.717) is 24.0 Å². The molecular formula is C35H50N4O7S. The van der Waals surface area contributed by atoms with Crippen LogP contribution in [-0.2, 0) is 29.0 Å². The lowest BCUT2D eigenvalue weighted by Crippen LogP contribution is -2.65. The first-order chi connectivity index (χ1) is 22.0. The Morgan fingerprint density at radius 3 is 2.11 bits per heavy atom. The summed E-state index contributed by atoms with van der Waals surface area (Å²) in [6.45, 7) is 9.82. The highest BCUT2D eigenvalue weighted by Gasteiger charge is 2.77. The Kier molecular flexibility index (Phi) is 12.0. The fraction of sp³-hybridized carbons (Fsp3) is 0.543. The van der Waals surface area contributed by atoms with Gasteiger partial charge in [0.1, 0.15) is 11.8 Å². The summed E-state index contributed by atoms with van der Waals surface area (Å²) in [6.07, 6.45) is 4.78. The van der Waals surface area contributed by atoms with Crippen molar-refractivity contribution in [2.75, 3.05) is 6.26 Å². The van der Waals surface area contributed by atoms with Crippen LogP contribution in [0.4, 0.5) is 4.79 Å². The van der Waals surface area contributed by atoms with Gasteiger partial charge in [0.05, 0.1) is 10.7 Å². The smallest absolute Gasteiger partial charge is 0.315 e. The Morgan fingerprint density at radius 2 is 1.55 bits per heavy atom. The van der Waals surface area contributed by atoms with Crippen molar-refractivity contribution in [2.24, 2.45) is 5.73 Å². The summed E-state index contributed by atoms with van der Waals surface area (Å²) in [7, 11) is -3.96. The molecule has 1 aliphatic rings. The Morgan fingerprint density at radius 1 is 0.936 bits per heavy atom. The third-order valence-corrected chi connectivity index (χ3v) is 11.4. The molecule has 0 radical (unpaired) electrons. The van der Waals surface area contributed by atoms with E-state index in [-0.39, 0.29) is 18.2 Å². The normalized spacial score (nSPS) is 21.2. The van der Waals surface area contributed by atoms with E-state index in [1.807, 2.05) is 56.3 Å². The molecule has 0 aliphatic carbocycles. The molecule has 1 aliphatic heterocycles. The highest BCUT2D eigenvalue weighted by molar-refractivity contribution is 7.92. The number of nitrogens with one attached hydrogen (secondary N) is 3. The van der Waals surface area contributed by atoms with E-state index in [9.17, 15) is 27.6 Å². The van der Waals surface area contributed by atoms with E-state index in [1.54, 1.807) is 19.1 Å². The fourth-order valence-electron chi connectivity index (χ4n) is 5.95. The SMILES string of the molecule is CCCCCC(=O)C(c1ccccc1-c1ccccc1)[C@]1(NC(=O)[C@@H](NC(=O)NC(C)CCC)C(C)(C)S(C)(=O)=O)O[C@]1(C)C(N)=O. The molecule has 5 N–H and O–H groups in total. The van der Waals surface area contributed by atoms with Gasteiger partial charge in [-0.05, 0) is 57.2 Å². The number of primary amides is 1. The highest BCUT2D eigenvalue weighted by Crippen LogP contribution is 2.56. The van der Waals surface area contributed by atoms with Gasteiger partial charge in [0.25, 0.3) is 5.91 Å². The Labute approximate surface area is 278 Å². The lowest BCUT2D eigenvalue weighted by Gasteiger charge is -2.35. The molecule has 0 aromatic heterocycles. The molecule has 0 saturated carbocycles. The van der Waals surface area contributed by atoms with Gasteiger partial charge in [-0.2, -0.15) is 0 Å². The van der Waals surface area contributed by atoms with E-state index in [4.69, 9.17) is 10.5 Å². The van der Waals surface area contributed by atoms with Crippen LogP contribution in [0.15, 0.2) is 54.6 Å². The summed E-state index contributed by atoms with van der Waals surface area (Å²) in [4.78, 5) is 54.8. The monoisotopic (exact) mass is 670 g/mol. The second-order valence-electron chi connectivity index (χ2n) is 13.2. The van der Waals surface area contributed by atoms with Gasteiger partial charge >= 0.3 is 6.03 Å². The van der Waals surface area contributed by atoms with Crippen molar-refractivity contribution < 1.29 is 32.3 Å². The molecular weight excluding hydrogens is 620 g/mol. The minimum absolute atomic E-state index is 0.131. The van der Waals surface area contributed by atoms with Crippen molar-refractivity contribution in [3.05, 3.63) is 60.2 Å². The van der Waals surface area contributed by atoms with Crippen LogP contribution in [0.2, 0.25) is 0 Å². The van der Waals surface area contributed by atoms with Crippen LogP contribution in [0.25, 0.3) is 11.1 Å². The molecule has 2 aromatic carbocycles. The molecule has 1 heterocycles. The molecule has 0 bridgehead atoms. The molecule has 2 unspecified atom stereocenters. The zero-order valence-corrected chi connectivity index (χ0v) is 29.3. The summed E-state index contributed by atoms with van der Waals surface area (Å²) >= 11 is 0. The number of ketones is 1. The number of unbranched alkanes of at least 4 members (excludes halogenated alkanes) is 2. The molecule has 1 saturated heterocycles. The van der Waals surface area contributed by atoms with Gasteiger partial charge in [-0.25, -0.2) is 13.2 Å². The van der Waals surface area contributed by atoms with Gasteiger partial charge in [-0.15, -0.1) is 0 Å². The largest absolute Gasteiger partial charge is 0.367 e. The van der Waals surface area contributed by atoms with Gasteiger partial charge < -0.3 is 26.4 Å². The number of ether oxygens (including phenoxy) is 1. The lowest BCUT2D eigenvalue weighted by atomic mass is 9.77. The third-order valence-electron chi connectivity index (χ3n) is 9.21. The van der Waals surface area contributed by atoms with Crippen LogP contribution in [0.3, 0.4) is 0 Å². The van der Waals surface area contributed by atoms with E-state index < -0.39 is 55.7 Å². The third kappa shape index (κ3) is 8.03. The zero-order chi connectivity index (χ0) is 35.2. The summed E-state index contributed by atoms with van der Waals surface area (Å²) < 4.78 is 30.3. The first-order valence-corrected chi connectivity index (χ1v) is 18.1. The number of benzene rings is 2. The van der Waals surface area contributed by atoms with Crippen molar-refractivity contribution in [2.45, 2.75) is 114 Å². The first kappa shape index (κ1) is 37.7. The highest BCUT2D eigenvalue weighted by atomic mass is 32.2. The number of amides is 4. The number of nitrogens with two attached hydrogens (primary N) is 1. The summed E-state index contributed by atoms with van der Waals surface area (Å²) in [5.74, 6) is -3.37. The van der Waals surface area contributed by atoms with Gasteiger partial charge in [-0.3, -0.25) is 14.4 Å². The topological polar surface area (TPSA) is 177 Å². The number of carbonyl (C=O) groups excluding carboxylic acids is 4.